The first-order valence-corrected chi connectivity index (χ1v) is 9.26. The van der Waals surface area contributed by atoms with Crippen LogP contribution in [0.4, 0.5) is 13.2 Å². The molecule has 0 aliphatic rings. The molecule has 0 aromatic rings. The highest BCUT2D eigenvalue weighted by atomic mass is 19.4. The maximum atomic E-state index is 11.9. The number of carbonyl (C=O) groups is 1. The van der Waals surface area contributed by atoms with Gasteiger partial charge >= 0.3 is 6.18 Å². The molecule has 0 rings (SSSR count). The van der Waals surface area contributed by atoms with Crippen LogP contribution < -0.4 is 0 Å². The van der Waals surface area contributed by atoms with E-state index < -0.39 is 12.0 Å². The topological polar surface area (TPSA) is 17.1 Å². The van der Waals surface area contributed by atoms with Gasteiger partial charge in [0.1, 0.15) is 0 Å². The molecule has 0 saturated carbocycles. The SMILES string of the molecule is CCCCCCCCCCCCCCCC=CC(=O)C(F)(F)F. The Balaban J connectivity index is 3.22. The summed E-state index contributed by atoms with van der Waals surface area (Å²) in [5, 5.41) is 0. The zero-order chi connectivity index (χ0) is 17.4. The molecule has 0 N–H and O–H groups in total. The Kier molecular flexibility index (Phi) is 14.3. The summed E-state index contributed by atoms with van der Waals surface area (Å²) in [6.45, 7) is 2.23. The van der Waals surface area contributed by atoms with E-state index in [0.29, 0.717) is 12.5 Å². The van der Waals surface area contributed by atoms with E-state index >= 15 is 0 Å². The van der Waals surface area contributed by atoms with Gasteiger partial charge in [-0.05, 0) is 18.9 Å². The number of rotatable bonds is 15. The molecule has 0 heterocycles. The predicted molar refractivity (Wildman–Crippen MR) is 90.5 cm³/mol. The molecule has 0 atom stereocenters. The van der Waals surface area contributed by atoms with Gasteiger partial charge < -0.3 is 0 Å². The van der Waals surface area contributed by atoms with Crippen molar-refractivity contribution < 1.29 is 18.0 Å². The number of ketones is 1. The first-order valence-electron chi connectivity index (χ1n) is 9.26. The third kappa shape index (κ3) is 15.9. The van der Waals surface area contributed by atoms with Crippen LogP contribution in [0.1, 0.15) is 96.8 Å². The van der Waals surface area contributed by atoms with Gasteiger partial charge in [0.25, 0.3) is 5.78 Å². The zero-order valence-electron chi connectivity index (χ0n) is 14.6. The van der Waals surface area contributed by atoms with Crippen molar-refractivity contribution in [2.75, 3.05) is 0 Å². The Bertz CT molecular complexity index is 308. The van der Waals surface area contributed by atoms with Crippen LogP contribution in [-0.4, -0.2) is 12.0 Å². The summed E-state index contributed by atoms with van der Waals surface area (Å²) in [5.41, 5.74) is 0. The van der Waals surface area contributed by atoms with Crippen LogP contribution in [0.15, 0.2) is 12.2 Å². The standard InChI is InChI=1S/C19H33F3O/c1-2-3-4-5-6-7-8-9-10-11-12-13-14-15-16-17-18(23)19(20,21)22/h16-17H,2-15H2,1H3. The van der Waals surface area contributed by atoms with Crippen molar-refractivity contribution in [3.8, 4) is 0 Å². The highest BCUT2D eigenvalue weighted by Crippen LogP contribution is 2.17. The fourth-order valence-corrected chi connectivity index (χ4v) is 2.56. The lowest BCUT2D eigenvalue weighted by Crippen LogP contribution is -2.19. The molecule has 0 bridgehead atoms. The van der Waals surface area contributed by atoms with Crippen molar-refractivity contribution >= 4 is 5.78 Å². The fourth-order valence-electron chi connectivity index (χ4n) is 2.56. The van der Waals surface area contributed by atoms with Crippen LogP contribution in [0.25, 0.3) is 0 Å². The molecule has 0 spiro atoms. The number of allylic oxidation sites excluding steroid dienone is 2. The van der Waals surface area contributed by atoms with E-state index in [1.165, 1.54) is 70.3 Å². The first-order chi connectivity index (χ1) is 11.0. The van der Waals surface area contributed by atoms with Crippen molar-refractivity contribution in [3.05, 3.63) is 12.2 Å². The van der Waals surface area contributed by atoms with Gasteiger partial charge in [0.05, 0.1) is 0 Å². The summed E-state index contributed by atoms with van der Waals surface area (Å²) in [6, 6.07) is 0. The molecule has 4 heteroatoms. The van der Waals surface area contributed by atoms with Crippen LogP contribution in [0.2, 0.25) is 0 Å². The van der Waals surface area contributed by atoms with Gasteiger partial charge in [0.2, 0.25) is 0 Å². The average Bonchev–Trinajstić information content (AvgIpc) is 2.50. The fraction of sp³-hybridized carbons (Fsp3) is 0.842. The second-order valence-electron chi connectivity index (χ2n) is 6.30. The van der Waals surface area contributed by atoms with Crippen LogP contribution in [-0.2, 0) is 4.79 Å². The molecule has 0 fully saturated rings. The van der Waals surface area contributed by atoms with Gasteiger partial charge in [-0.25, -0.2) is 0 Å². The molecule has 136 valence electrons. The van der Waals surface area contributed by atoms with E-state index in [2.05, 4.69) is 6.92 Å². The Labute approximate surface area is 139 Å². The minimum absolute atomic E-state index is 0.555. The molecule has 0 amide bonds. The lowest BCUT2D eigenvalue weighted by molar-refractivity contribution is -0.165. The Morgan fingerprint density at radius 3 is 1.52 bits per heavy atom. The Hall–Kier alpha value is -0.800. The van der Waals surface area contributed by atoms with Crippen LogP contribution in [0, 0.1) is 0 Å². The largest absolute Gasteiger partial charge is 0.454 e. The maximum absolute atomic E-state index is 11.9. The predicted octanol–water partition coefficient (Wildman–Crippen LogP) is 7.16. The molecular weight excluding hydrogens is 301 g/mol. The zero-order valence-corrected chi connectivity index (χ0v) is 14.6. The van der Waals surface area contributed by atoms with Gasteiger partial charge in [0.15, 0.2) is 0 Å². The Morgan fingerprint density at radius 1 is 0.739 bits per heavy atom. The summed E-state index contributed by atoms with van der Waals surface area (Å²) in [4.78, 5) is 10.6. The number of hydrogen-bond donors (Lipinski definition) is 0. The number of hydrogen-bond acceptors (Lipinski definition) is 1. The summed E-state index contributed by atoms with van der Waals surface area (Å²) in [7, 11) is 0. The molecular formula is C19H33F3O. The van der Waals surface area contributed by atoms with Crippen molar-refractivity contribution in [1.29, 1.82) is 0 Å². The second-order valence-corrected chi connectivity index (χ2v) is 6.30. The minimum atomic E-state index is -4.73. The van der Waals surface area contributed by atoms with E-state index in [4.69, 9.17) is 0 Å². The smallest absolute Gasteiger partial charge is 0.285 e. The highest BCUT2D eigenvalue weighted by Gasteiger charge is 2.35. The molecule has 0 aliphatic carbocycles. The number of halogens is 3. The van der Waals surface area contributed by atoms with Gasteiger partial charge in [-0.15, -0.1) is 0 Å². The van der Waals surface area contributed by atoms with E-state index in [-0.39, 0.29) is 0 Å². The lowest BCUT2D eigenvalue weighted by atomic mass is 10.0. The van der Waals surface area contributed by atoms with Crippen molar-refractivity contribution in [1.82, 2.24) is 0 Å². The van der Waals surface area contributed by atoms with Crippen LogP contribution in [0.3, 0.4) is 0 Å². The van der Waals surface area contributed by atoms with E-state index in [9.17, 15) is 18.0 Å². The quantitative estimate of drug-likeness (QED) is 0.229. The molecule has 0 radical (unpaired) electrons. The average molecular weight is 334 g/mol. The number of carbonyl (C=O) groups excluding carboxylic acids is 1. The van der Waals surface area contributed by atoms with Crippen molar-refractivity contribution in [2.24, 2.45) is 0 Å². The van der Waals surface area contributed by atoms with Gasteiger partial charge in [0, 0.05) is 0 Å². The van der Waals surface area contributed by atoms with Gasteiger partial charge in [-0.2, -0.15) is 13.2 Å². The molecule has 1 nitrogen and oxygen atoms in total. The third-order valence-electron chi connectivity index (χ3n) is 4.02. The summed E-state index contributed by atoms with van der Waals surface area (Å²) < 4.78 is 35.8. The molecule has 0 aromatic carbocycles. The number of unbranched alkanes of at least 4 members (excludes halogenated alkanes) is 13. The third-order valence-corrected chi connectivity index (χ3v) is 4.02. The molecule has 0 unspecified atom stereocenters. The molecule has 23 heavy (non-hydrogen) atoms. The van der Waals surface area contributed by atoms with Crippen molar-refractivity contribution in [3.63, 3.8) is 0 Å². The first kappa shape index (κ1) is 22.2. The molecule has 0 aliphatic heterocycles. The second kappa shape index (κ2) is 14.8. The van der Waals surface area contributed by atoms with Crippen LogP contribution in [0.5, 0.6) is 0 Å². The van der Waals surface area contributed by atoms with E-state index in [1.54, 1.807) is 0 Å². The van der Waals surface area contributed by atoms with E-state index in [0.717, 1.165) is 19.3 Å². The van der Waals surface area contributed by atoms with Crippen molar-refractivity contribution in [2.45, 2.75) is 103 Å². The monoisotopic (exact) mass is 334 g/mol. The Morgan fingerprint density at radius 2 is 1.13 bits per heavy atom. The normalized spacial score (nSPS) is 12.2. The summed E-state index contributed by atoms with van der Waals surface area (Å²) in [6.07, 6.45) is 14.1. The molecule has 0 saturated heterocycles. The maximum Gasteiger partial charge on any atom is 0.454 e. The van der Waals surface area contributed by atoms with E-state index in [1.807, 2.05) is 0 Å². The minimum Gasteiger partial charge on any atom is -0.285 e. The summed E-state index contributed by atoms with van der Waals surface area (Å²) >= 11 is 0. The van der Waals surface area contributed by atoms with Gasteiger partial charge in [-0.1, -0.05) is 90.0 Å². The van der Waals surface area contributed by atoms with Gasteiger partial charge in [-0.3, -0.25) is 4.79 Å². The highest BCUT2D eigenvalue weighted by molar-refractivity contribution is 5.94. The molecule has 0 aromatic heterocycles. The lowest BCUT2D eigenvalue weighted by Gasteiger charge is -2.02. The number of alkyl halides is 3. The summed E-state index contributed by atoms with van der Waals surface area (Å²) in [5.74, 6) is -1.76. The van der Waals surface area contributed by atoms with Crippen LogP contribution >= 0.6 is 0 Å².